The van der Waals surface area contributed by atoms with E-state index in [1.807, 2.05) is 0 Å². The van der Waals surface area contributed by atoms with Gasteiger partial charge in [-0.1, -0.05) is 13.8 Å². The van der Waals surface area contributed by atoms with Gasteiger partial charge in [-0.3, -0.25) is 9.69 Å². The van der Waals surface area contributed by atoms with Gasteiger partial charge in [0.15, 0.2) is 0 Å². The van der Waals surface area contributed by atoms with Crippen LogP contribution in [-0.2, 0) is 9.53 Å². The third-order valence-corrected chi connectivity index (χ3v) is 4.18. The zero-order valence-corrected chi connectivity index (χ0v) is 12.1. The molecule has 2 unspecified atom stereocenters. The molecule has 3 N–H and O–H groups in total. The molecule has 5 heteroatoms. The molecule has 1 amide bonds. The van der Waals surface area contributed by atoms with E-state index in [2.05, 4.69) is 24.1 Å². The highest BCUT2D eigenvalue weighted by Crippen LogP contribution is 2.20. The van der Waals surface area contributed by atoms with E-state index < -0.39 is 0 Å². The van der Waals surface area contributed by atoms with E-state index in [1.165, 1.54) is 0 Å². The SMILES string of the molecule is CC(C)C(CN)CN1CCOCC1C(=O)NC1CC1. The second-order valence-electron chi connectivity index (χ2n) is 6.11. The normalized spacial score (nSPS) is 26.4. The lowest BCUT2D eigenvalue weighted by molar-refractivity contribution is -0.133. The van der Waals surface area contributed by atoms with Gasteiger partial charge in [0.25, 0.3) is 0 Å². The predicted octanol–water partition coefficient (Wildman–Crippen LogP) is 0.197. The number of morpholine rings is 1. The molecule has 1 heterocycles. The van der Waals surface area contributed by atoms with E-state index in [4.69, 9.17) is 10.5 Å². The summed E-state index contributed by atoms with van der Waals surface area (Å²) in [5, 5.41) is 3.08. The summed E-state index contributed by atoms with van der Waals surface area (Å²) >= 11 is 0. The van der Waals surface area contributed by atoms with Crippen molar-refractivity contribution in [2.45, 2.75) is 38.8 Å². The van der Waals surface area contributed by atoms with Gasteiger partial charge >= 0.3 is 0 Å². The molecule has 0 radical (unpaired) electrons. The van der Waals surface area contributed by atoms with Crippen LogP contribution < -0.4 is 11.1 Å². The first-order valence-electron chi connectivity index (χ1n) is 7.44. The van der Waals surface area contributed by atoms with Crippen molar-refractivity contribution in [1.29, 1.82) is 0 Å². The molecule has 2 aliphatic rings. The number of nitrogens with zero attached hydrogens (tertiary/aromatic N) is 1. The van der Waals surface area contributed by atoms with E-state index in [1.54, 1.807) is 0 Å². The molecule has 0 aromatic heterocycles. The smallest absolute Gasteiger partial charge is 0.239 e. The molecule has 0 aromatic rings. The summed E-state index contributed by atoms with van der Waals surface area (Å²) in [7, 11) is 0. The number of nitrogens with two attached hydrogens (primary N) is 1. The minimum absolute atomic E-state index is 0.127. The molecule has 2 atom stereocenters. The molecule has 2 rings (SSSR count). The van der Waals surface area contributed by atoms with Crippen LogP contribution in [0.3, 0.4) is 0 Å². The number of nitrogens with one attached hydrogen (secondary N) is 1. The number of amides is 1. The maximum atomic E-state index is 12.2. The van der Waals surface area contributed by atoms with E-state index in [9.17, 15) is 4.79 Å². The molecule has 0 aromatic carbocycles. The topological polar surface area (TPSA) is 67.6 Å². The summed E-state index contributed by atoms with van der Waals surface area (Å²) < 4.78 is 5.48. The van der Waals surface area contributed by atoms with Gasteiger partial charge in [0.2, 0.25) is 5.91 Å². The third kappa shape index (κ3) is 4.16. The third-order valence-electron chi connectivity index (χ3n) is 4.18. The molecule has 2 fully saturated rings. The maximum Gasteiger partial charge on any atom is 0.239 e. The molecule has 1 aliphatic heterocycles. The molecule has 19 heavy (non-hydrogen) atoms. The predicted molar refractivity (Wildman–Crippen MR) is 74.7 cm³/mol. The maximum absolute atomic E-state index is 12.2. The summed E-state index contributed by atoms with van der Waals surface area (Å²) in [6.45, 7) is 7.99. The van der Waals surface area contributed by atoms with Crippen molar-refractivity contribution in [2.24, 2.45) is 17.6 Å². The first kappa shape index (κ1) is 14.8. The van der Waals surface area contributed by atoms with Crippen molar-refractivity contribution >= 4 is 5.91 Å². The van der Waals surface area contributed by atoms with Crippen molar-refractivity contribution in [3.8, 4) is 0 Å². The lowest BCUT2D eigenvalue weighted by Gasteiger charge is -2.37. The molecular weight excluding hydrogens is 242 g/mol. The van der Waals surface area contributed by atoms with E-state index in [0.29, 0.717) is 37.6 Å². The van der Waals surface area contributed by atoms with Gasteiger partial charge in [-0.2, -0.15) is 0 Å². The van der Waals surface area contributed by atoms with Crippen LogP contribution in [0.25, 0.3) is 0 Å². The minimum atomic E-state index is -0.137. The van der Waals surface area contributed by atoms with Gasteiger partial charge in [-0.15, -0.1) is 0 Å². The molecule has 1 aliphatic carbocycles. The van der Waals surface area contributed by atoms with Crippen LogP contribution in [0.15, 0.2) is 0 Å². The van der Waals surface area contributed by atoms with Crippen LogP contribution in [0.5, 0.6) is 0 Å². The summed E-state index contributed by atoms with van der Waals surface area (Å²) in [4.78, 5) is 14.5. The zero-order valence-electron chi connectivity index (χ0n) is 12.1. The van der Waals surface area contributed by atoms with Gasteiger partial charge in [0.1, 0.15) is 6.04 Å². The monoisotopic (exact) mass is 269 g/mol. The fourth-order valence-corrected chi connectivity index (χ4v) is 2.48. The Morgan fingerprint density at radius 2 is 2.21 bits per heavy atom. The van der Waals surface area contributed by atoms with Crippen molar-refractivity contribution in [3.63, 3.8) is 0 Å². The Morgan fingerprint density at radius 3 is 2.79 bits per heavy atom. The molecule has 1 saturated carbocycles. The van der Waals surface area contributed by atoms with Crippen molar-refractivity contribution in [3.05, 3.63) is 0 Å². The molecule has 5 nitrogen and oxygen atoms in total. The molecule has 0 spiro atoms. The van der Waals surface area contributed by atoms with Crippen LogP contribution in [0, 0.1) is 11.8 Å². The summed E-state index contributed by atoms with van der Waals surface area (Å²) in [5.74, 6) is 1.11. The highest BCUT2D eigenvalue weighted by molar-refractivity contribution is 5.82. The highest BCUT2D eigenvalue weighted by Gasteiger charge is 2.34. The number of rotatable bonds is 6. The quantitative estimate of drug-likeness (QED) is 0.723. The van der Waals surface area contributed by atoms with Crippen LogP contribution in [-0.4, -0.2) is 55.7 Å². The number of carbonyl (C=O) groups excluding carboxylic acids is 1. The second kappa shape index (κ2) is 6.68. The van der Waals surface area contributed by atoms with E-state index in [0.717, 1.165) is 25.9 Å². The van der Waals surface area contributed by atoms with Crippen LogP contribution in [0.4, 0.5) is 0 Å². The molecule has 1 saturated heterocycles. The Balaban J connectivity index is 1.92. The van der Waals surface area contributed by atoms with Gasteiger partial charge in [0, 0.05) is 19.1 Å². The average Bonchev–Trinajstić information content (AvgIpc) is 3.19. The highest BCUT2D eigenvalue weighted by atomic mass is 16.5. The lowest BCUT2D eigenvalue weighted by atomic mass is 9.94. The Bertz CT molecular complexity index is 305. The number of carbonyl (C=O) groups is 1. The first-order valence-corrected chi connectivity index (χ1v) is 7.44. The number of ether oxygens (including phenoxy) is 1. The lowest BCUT2D eigenvalue weighted by Crippen LogP contribution is -2.56. The fourth-order valence-electron chi connectivity index (χ4n) is 2.48. The molecule has 0 bridgehead atoms. The summed E-state index contributed by atoms with van der Waals surface area (Å²) in [6.07, 6.45) is 2.24. The first-order chi connectivity index (χ1) is 9.11. The Labute approximate surface area is 115 Å². The minimum Gasteiger partial charge on any atom is -0.378 e. The Hall–Kier alpha value is -0.650. The molecule has 110 valence electrons. The average molecular weight is 269 g/mol. The fraction of sp³-hybridized carbons (Fsp3) is 0.929. The van der Waals surface area contributed by atoms with Gasteiger partial charge in [-0.05, 0) is 31.2 Å². The van der Waals surface area contributed by atoms with Crippen LogP contribution >= 0.6 is 0 Å². The summed E-state index contributed by atoms with van der Waals surface area (Å²) in [5.41, 5.74) is 5.84. The van der Waals surface area contributed by atoms with Gasteiger partial charge < -0.3 is 15.8 Å². The zero-order chi connectivity index (χ0) is 13.8. The van der Waals surface area contributed by atoms with Crippen LogP contribution in [0.1, 0.15) is 26.7 Å². The van der Waals surface area contributed by atoms with E-state index >= 15 is 0 Å². The summed E-state index contributed by atoms with van der Waals surface area (Å²) in [6, 6.07) is 0.272. The van der Waals surface area contributed by atoms with Gasteiger partial charge in [0.05, 0.1) is 13.2 Å². The number of hydrogen-bond donors (Lipinski definition) is 2. The van der Waals surface area contributed by atoms with Gasteiger partial charge in [-0.25, -0.2) is 0 Å². The van der Waals surface area contributed by atoms with Crippen molar-refractivity contribution < 1.29 is 9.53 Å². The van der Waals surface area contributed by atoms with Crippen molar-refractivity contribution in [2.75, 3.05) is 32.8 Å². The largest absolute Gasteiger partial charge is 0.378 e. The van der Waals surface area contributed by atoms with Crippen LogP contribution in [0.2, 0.25) is 0 Å². The van der Waals surface area contributed by atoms with E-state index in [-0.39, 0.29) is 11.9 Å². The second-order valence-corrected chi connectivity index (χ2v) is 6.11. The van der Waals surface area contributed by atoms with Crippen molar-refractivity contribution in [1.82, 2.24) is 10.2 Å². The number of hydrogen-bond acceptors (Lipinski definition) is 4. The molecular formula is C14H27N3O2. The Morgan fingerprint density at radius 1 is 1.47 bits per heavy atom. The Kier molecular flexibility index (Phi) is 5.19. The standard InChI is InChI=1S/C14H27N3O2/c1-10(2)11(7-15)8-17-5-6-19-9-13(17)14(18)16-12-3-4-12/h10-13H,3-9,15H2,1-2H3,(H,16,18).